The molecule has 6 heteroatoms. The van der Waals surface area contributed by atoms with Crippen LogP contribution in [0.4, 0.5) is 0 Å². The molecule has 1 saturated heterocycles. The Balaban J connectivity index is 2.13. The largest absolute Gasteiger partial charge is 0.313 e. The molecule has 0 aromatic heterocycles. The van der Waals surface area contributed by atoms with Crippen LogP contribution in [0, 0.1) is 0 Å². The Morgan fingerprint density at radius 2 is 2.00 bits per heavy atom. The standard InChI is InChI=1S/C10H23N3O2S/c1-13-8-3-4-10(5-9-13)11-6-7-12-16(2,14)15/h10-12H,3-9H2,1-2H3. The van der Waals surface area contributed by atoms with E-state index in [1.54, 1.807) is 0 Å². The first kappa shape index (κ1) is 13.9. The van der Waals surface area contributed by atoms with Gasteiger partial charge in [0.05, 0.1) is 6.26 Å². The maximum Gasteiger partial charge on any atom is 0.208 e. The Kier molecular flexibility index (Phi) is 5.68. The van der Waals surface area contributed by atoms with Crippen molar-refractivity contribution in [3.63, 3.8) is 0 Å². The lowest BCUT2D eigenvalue weighted by atomic mass is 10.1. The van der Waals surface area contributed by atoms with Crippen LogP contribution in [0.1, 0.15) is 19.3 Å². The van der Waals surface area contributed by atoms with Gasteiger partial charge in [0.1, 0.15) is 0 Å². The second-order valence-electron chi connectivity index (χ2n) is 4.55. The molecule has 1 aliphatic heterocycles. The van der Waals surface area contributed by atoms with E-state index in [1.165, 1.54) is 25.6 Å². The zero-order chi connectivity index (χ0) is 12.0. The average molecular weight is 249 g/mol. The molecule has 1 heterocycles. The SMILES string of the molecule is CN1CCCC(NCCNS(C)(=O)=O)CC1. The van der Waals surface area contributed by atoms with Gasteiger partial charge in [0.2, 0.25) is 10.0 Å². The number of nitrogens with one attached hydrogen (secondary N) is 2. The Morgan fingerprint density at radius 1 is 1.25 bits per heavy atom. The van der Waals surface area contributed by atoms with Crippen molar-refractivity contribution in [3.8, 4) is 0 Å². The van der Waals surface area contributed by atoms with Gasteiger partial charge in [0, 0.05) is 19.1 Å². The van der Waals surface area contributed by atoms with Gasteiger partial charge >= 0.3 is 0 Å². The number of sulfonamides is 1. The predicted octanol–water partition coefficient (Wildman–Crippen LogP) is -0.390. The summed E-state index contributed by atoms with van der Waals surface area (Å²) in [6, 6.07) is 0.534. The van der Waals surface area contributed by atoms with Crippen molar-refractivity contribution in [1.82, 2.24) is 14.9 Å². The van der Waals surface area contributed by atoms with Crippen molar-refractivity contribution < 1.29 is 8.42 Å². The van der Waals surface area contributed by atoms with Crippen LogP contribution in [0.5, 0.6) is 0 Å². The molecular formula is C10H23N3O2S. The van der Waals surface area contributed by atoms with E-state index in [1.807, 2.05) is 0 Å². The van der Waals surface area contributed by atoms with Crippen LogP contribution >= 0.6 is 0 Å². The molecule has 1 aliphatic rings. The van der Waals surface area contributed by atoms with Gasteiger partial charge in [-0.05, 0) is 39.4 Å². The third-order valence-electron chi connectivity index (χ3n) is 2.87. The summed E-state index contributed by atoms with van der Waals surface area (Å²) in [6.45, 7) is 3.48. The number of nitrogens with zero attached hydrogens (tertiary/aromatic N) is 1. The van der Waals surface area contributed by atoms with E-state index in [9.17, 15) is 8.42 Å². The van der Waals surface area contributed by atoms with Crippen molar-refractivity contribution in [2.24, 2.45) is 0 Å². The van der Waals surface area contributed by atoms with Crippen molar-refractivity contribution in [1.29, 1.82) is 0 Å². The summed E-state index contributed by atoms with van der Waals surface area (Å²) < 4.78 is 24.2. The van der Waals surface area contributed by atoms with Crippen molar-refractivity contribution in [2.75, 3.05) is 39.5 Å². The van der Waals surface area contributed by atoms with Crippen LogP contribution < -0.4 is 10.0 Å². The van der Waals surface area contributed by atoms with E-state index in [2.05, 4.69) is 22.0 Å². The van der Waals surface area contributed by atoms with Gasteiger partial charge in [-0.25, -0.2) is 13.1 Å². The third-order valence-corrected chi connectivity index (χ3v) is 3.60. The molecule has 0 radical (unpaired) electrons. The minimum atomic E-state index is -3.04. The smallest absolute Gasteiger partial charge is 0.208 e. The van der Waals surface area contributed by atoms with Crippen LogP contribution in [0.25, 0.3) is 0 Å². The Labute approximate surface area is 98.6 Å². The lowest BCUT2D eigenvalue weighted by Gasteiger charge is -2.16. The molecular weight excluding hydrogens is 226 g/mol. The first-order valence-corrected chi connectivity index (χ1v) is 7.73. The first-order chi connectivity index (χ1) is 7.47. The highest BCUT2D eigenvalue weighted by molar-refractivity contribution is 7.88. The molecule has 0 spiro atoms. The van der Waals surface area contributed by atoms with Crippen LogP contribution in [-0.4, -0.2) is 58.8 Å². The van der Waals surface area contributed by atoms with Gasteiger partial charge < -0.3 is 10.2 Å². The number of hydrogen-bond donors (Lipinski definition) is 2. The highest BCUT2D eigenvalue weighted by Crippen LogP contribution is 2.08. The predicted molar refractivity (Wildman–Crippen MR) is 66.0 cm³/mol. The summed E-state index contributed by atoms with van der Waals surface area (Å²) in [5.41, 5.74) is 0. The molecule has 0 amide bonds. The first-order valence-electron chi connectivity index (χ1n) is 5.84. The number of likely N-dealkylation sites (tertiary alicyclic amines) is 1. The van der Waals surface area contributed by atoms with Gasteiger partial charge in [-0.3, -0.25) is 0 Å². The fourth-order valence-corrected chi connectivity index (χ4v) is 2.43. The molecule has 1 rings (SSSR count). The Hall–Kier alpha value is -0.170. The quantitative estimate of drug-likeness (QED) is 0.652. The molecule has 5 nitrogen and oxygen atoms in total. The van der Waals surface area contributed by atoms with Gasteiger partial charge in [-0.15, -0.1) is 0 Å². The highest BCUT2D eigenvalue weighted by atomic mass is 32.2. The Morgan fingerprint density at radius 3 is 2.69 bits per heavy atom. The molecule has 96 valence electrons. The van der Waals surface area contributed by atoms with Crippen LogP contribution in [0.3, 0.4) is 0 Å². The van der Waals surface area contributed by atoms with Crippen LogP contribution in [0.15, 0.2) is 0 Å². The highest BCUT2D eigenvalue weighted by Gasteiger charge is 2.13. The fraction of sp³-hybridized carbons (Fsp3) is 1.00. The van der Waals surface area contributed by atoms with E-state index < -0.39 is 10.0 Å². The minimum absolute atomic E-state index is 0.477. The normalized spacial score (nSPS) is 24.2. The lowest BCUT2D eigenvalue weighted by molar-refractivity contribution is 0.344. The van der Waals surface area contributed by atoms with Gasteiger partial charge in [-0.1, -0.05) is 0 Å². The molecule has 16 heavy (non-hydrogen) atoms. The molecule has 0 aliphatic carbocycles. The zero-order valence-corrected chi connectivity index (χ0v) is 11.0. The number of rotatable bonds is 5. The monoisotopic (exact) mass is 249 g/mol. The molecule has 1 atom stereocenters. The number of hydrogen-bond acceptors (Lipinski definition) is 4. The summed E-state index contributed by atoms with van der Waals surface area (Å²) in [5.74, 6) is 0. The fourth-order valence-electron chi connectivity index (χ4n) is 1.96. The van der Waals surface area contributed by atoms with Crippen LogP contribution in [0.2, 0.25) is 0 Å². The average Bonchev–Trinajstić information content (AvgIpc) is 2.37. The van der Waals surface area contributed by atoms with Crippen molar-refractivity contribution in [3.05, 3.63) is 0 Å². The summed E-state index contributed by atoms with van der Waals surface area (Å²) >= 11 is 0. The third kappa shape index (κ3) is 6.42. The second-order valence-corrected chi connectivity index (χ2v) is 6.38. The maximum atomic E-state index is 10.8. The van der Waals surface area contributed by atoms with E-state index in [0.717, 1.165) is 13.0 Å². The summed E-state index contributed by atoms with van der Waals surface area (Å²) in [6.07, 6.45) is 4.74. The molecule has 0 bridgehead atoms. The van der Waals surface area contributed by atoms with E-state index in [-0.39, 0.29) is 0 Å². The molecule has 1 fully saturated rings. The minimum Gasteiger partial charge on any atom is -0.313 e. The Bertz CT molecular complexity index is 292. The summed E-state index contributed by atoms with van der Waals surface area (Å²) in [7, 11) is -0.895. The van der Waals surface area contributed by atoms with E-state index in [4.69, 9.17) is 0 Å². The van der Waals surface area contributed by atoms with Gasteiger partial charge in [0.15, 0.2) is 0 Å². The zero-order valence-electron chi connectivity index (χ0n) is 10.2. The van der Waals surface area contributed by atoms with Crippen LogP contribution in [-0.2, 0) is 10.0 Å². The van der Waals surface area contributed by atoms with E-state index >= 15 is 0 Å². The van der Waals surface area contributed by atoms with Gasteiger partial charge in [0.25, 0.3) is 0 Å². The second kappa shape index (κ2) is 6.54. The maximum absolute atomic E-state index is 10.8. The van der Waals surface area contributed by atoms with Crippen molar-refractivity contribution in [2.45, 2.75) is 25.3 Å². The molecule has 0 aromatic carbocycles. The topological polar surface area (TPSA) is 61.4 Å². The molecule has 0 aromatic rings. The molecule has 0 saturated carbocycles. The summed E-state index contributed by atoms with van der Waals surface area (Å²) in [5, 5.41) is 3.40. The summed E-state index contributed by atoms with van der Waals surface area (Å²) in [4.78, 5) is 2.34. The van der Waals surface area contributed by atoms with E-state index in [0.29, 0.717) is 19.1 Å². The lowest BCUT2D eigenvalue weighted by Crippen LogP contribution is -2.37. The molecule has 2 N–H and O–H groups in total. The van der Waals surface area contributed by atoms with Gasteiger partial charge in [-0.2, -0.15) is 0 Å². The van der Waals surface area contributed by atoms with Crippen molar-refractivity contribution >= 4 is 10.0 Å². The molecule has 1 unspecified atom stereocenters.